The zero-order valence-corrected chi connectivity index (χ0v) is 15.6. The van der Waals surface area contributed by atoms with E-state index in [-0.39, 0.29) is 5.91 Å². The molecule has 0 fully saturated rings. The van der Waals surface area contributed by atoms with Crippen LogP contribution in [0, 0.1) is 0 Å². The number of hydrogen-bond acceptors (Lipinski definition) is 5. The van der Waals surface area contributed by atoms with Crippen LogP contribution in [0.25, 0.3) is 9.88 Å². The minimum absolute atomic E-state index is 0.0874. The first-order valence-electron chi connectivity index (χ1n) is 8.26. The molecule has 0 saturated heterocycles. The fraction of sp³-hybridized carbons (Fsp3) is 0.263. The van der Waals surface area contributed by atoms with Gasteiger partial charge < -0.3 is 10.6 Å². The van der Waals surface area contributed by atoms with E-state index in [4.69, 9.17) is 5.73 Å². The third kappa shape index (κ3) is 4.98. The van der Waals surface area contributed by atoms with Gasteiger partial charge in [0.1, 0.15) is 5.01 Å². The Balaban J connectivity index is 1.60. The highest BCUT2D eigenvalue weighted by molar-refractivity contribution is 7.20. The van der Waals surface area contributed by atoms with Crippen LogP contribution in [0.1, 0.15) is 11.3 Å². The van der Waals surface area contributed by atoms with Crippen molar-refractivity contribution in [2.75, 3.05) is 19.6 Å². The standard InChI is InChI=1S/C19H21N3OS2/c20-9-11-22(10-8-15-5-2-1-3-6-15)18(23)13-16-14-25-19(21-16)17-7-4-12-24-17/h1-7,12,14H,8-11,13,20H2. The van der Waals surface area contributed by atoms with Gasteiger partial charge in [-0.2, -0.15) is 0 Å². The fourth-order valence-electron chi connectivity index (χ4n) is 2.59. The summed E-state index contributed by atoms with van der Waals surface area (Å²) in [6.07, 6.45) is 1.17. The molecule has 130 valence electrons. The SMILES string of the molecule is NCCN(CCc1ccccc1)C(=O)Cc1csc(-c2cccs2)n1. The lowest BCUT2D eigenvalue weighted by molar-refractivity contribution is -0.130. The van der Waals surface area contributed by atoms with Crippen LogP contribution in [0.2, 0.25) is 0 Å². The van der Waals surface area contributed by atoms with Crippen LogP contribution < -0.4 is 5.73 Å². The van der Waals surface area contributed by atoms with E-state index in [1.807, 2.05) is 39.9 Å². The molecule has 0 aliphatic carbocycles. The first-order chi connectivity index (χ1) is 12.3. The van der Waals surface area contributed by atoms with E-state index in [1.54, 1.807) is 22.7 Å². The van der Waals surface area contributed by atoms with Gasteiger partial charge in [0.05, 0.1) is 17.0 Å². The molecule has 2 heterocycles. The summed E-state index contributed by atoms with van der Waals surface area (Å²) < 4.78 is 0. The number of benzene rings is 1. The van der Waals surface area contributed by atoms with Crippen molar-refractivity contribution >= 4 is 28.6 Å². The van der Waals surface area contributed by atoms with Crippen LogP contribution in [0.3, 0.4) is 0 Å². The first-order valence-corrected chi connectivity index (χ1v) is 10.0. The summed E-state index contributed by atoms with van der Waals surface area (Å²) in [6, 6.07) is 14.3. The third-order valence-electron chi connectivity index (χ3n) is 3.88. The fourth-order valence-corrected chi connectivity index (χ4v) is 4.23. The van der Waals surface area contributed by atoms with Gasteiger partial charge in [0.2, 0.25) is 5.91 Å². The highest BCUT2D eigenvalue weighted by Gasteiger charge is 2.16. The molecule has 0 atom stereocenters. The molecule has 1 aromatic carbocycles. The third-order valence-corrected chi connectivity index (χ3v) is 5.81. The Kier molecular flexibility index (Phi) is 6.33. The summed E-state index contributed by atoms with van der Waals surface area (Å²) in [5.74, 6) is 0.0874. The van der Waals surface area contributed by atoms with E-state index in [0.717, 1.165) is 22.0 Å². The van der Waals surface area contributed by atoms with Gasteiger partial charge in [-0.3, -0.25) is 4.79 Å². The second-order valence-corrected chi connectivity index (χ2v) is 7.51. The Morgan fingerprint density at radius 2 is 1.92 bits per heavy atom. The van der Waals surface area contributed by atoms with Gasteiger partial charge in [-0.1, -0.05) is 36.4 Å². The van der Waals surface area contributed by atoms with Crippen LogP contribution >= 0.6 is 22.7 Å². The van der Waals surface area contributed by atoms with E-state index in [1.165, 1.54) is 5.56 Å². The summed E-state index contributed by atoms with van der Waals surface area (Å²) in [4.78, 5) is 20.3. The lowest BCUT2D eigenvalue weighted by Gasteiger charge is -2.21. The van der Waals surface area contributed by atoms with Crippen molar-refractivity contribution in [3.05, 3.63) is 64.5 Å². The van der Waals surface area contributed by atoms with Gasteiger partial charge in [0.15, 0.2) is 0 Å². The molecule has 2 N–H and O–H groups in total. The largest absolute Gasteiger partial charge is 0.341 e. The van der Waals surface area contributed by atoms with Crippen molar-refractivity contribution in [3.63, 3.8) is 0 Å². The molecule has 2 aromatic heterocycles. The molecule has 6 heteroatoms. The van der Waals surface area contributed by atoms with Crippen LogP contribution in [0.4, 0.5) is 0 Å². The van der Waals surface area contributed by atoms with Gasteiger partial charge >= 0.3 is 0 Å². The molecule has 1 amide bonds. The van der Waals surface area contributed by atoms with Crippen LogP contribution in [-0.4, -0.2) is 35.4 Å². The molecule has 0 radical (unpaired) electrons. The maximum Gasteiger partial charge on any atom is 0.228 e. The smallest absolute Gasteiger partial charge is 0.228 e. The summed E-state index contributed by atoms with van der Waals surface area (Å²) in [5, 5.41) is 4.99. The Bertz CT molecular complexity index is 784. The monoisotopic (exact) mass is 371 g/mol. The highest BCUT2D eigenvalue weighted by atomic mass is 32.1. The number of nitrogens with two attached hydrogens (primary N) is 1. The maximum atomic E-state index is 12.7. The summed E-state index contributed by atoms with van der Waals surface area (Å²) in [7, 11) is 0. The van der Waals surface area contributed by atoms with Crippen molar-refractivity contribution < 1.29 is 4.79 Å². The number of thiophene rings is 1. The zero-order chi connectivity index (χ0) is 17.5. The predicted octanol–water partition coefficient (Wildman–Crippen LogP) is 3.44. The second-order valence-electron chi connectivity index (χ2n) is 5.70. The molecule has 0 saturated carbocycles. The van der Waals surface area contributed by atoms with E-state index in [2.05, 4.69) is 23.2 Å². The number of rotatable bonds is 8. The quantitative estimate of drug-likeness (QED) is 0.660. The Morgan fingerprint density at radius 3 is 2.64 bits per heavy atom. The molecule has 4 nitrogen and oxygen atoms in total. The van der Waals surface area contributed by atoms with E-state index in [9.17, 15) is 4.79 Å². The van der Waals surface area contributed by atoms with E-state index in [0.29, 0.717) is 26.1 Å². The van der Waals surface area contributed by atoms with Gasteiger partial charge in [0.25, 0.3) is 0 Å². The Morgan fingerprint density at radius 1 is 1.08 bits per heavy atom. The molecule has 3 aromatic rings. The number of hydrogen-bond donors (Lipinski definition) is 1. The van der Waals surface area contributed by atoms with Crippen LogP contribution in [-0.2, 0) is 17.6 Å². The zero-order valence-electron chi connectivity index (χ0n) is 13.9. The first kappa shape index (κ1) is 17.8. The lowest BCUT2D eigenvalue weighted by atomic mass is 10.1. The molecular weight excluding hydrogens is 350 g/mol. The summed E-state index contributed by atoms with van der Waals surface area (Å²) in [5.41, 5.74) is 7.75. The minimum atomic E-state index is 0.0874. The number of carbonyl (C=O) groups excluding carboxylic acids is 1. The van der Waals surface area contributed by atoms with Crippen LogP contribution in [0.15, 0.2) is 53.2 Å². The van der Waals surface area contributed by atoms with Crippen molar-refractivity contribution in [3.8, 4) is 9.88 Å². The summed E-state index contributed by atoms with van der Waals surface area (Å²) >= 11 is 3.25. The molecule has 3 rings (SSSR count). The normalized spacial score (nSPS) is 10.8. The lowest BCUT2D eigenvalue weighted by Crippen LogP contribution is -2.37. The Labute approximate surface area is 155 Å². The van der Waals surface area contributed by atoms with Crippen molar-refractivity contribution in [2.45, 2.75) is 12.8 Å². The number of aromatic nitrogens is 1. The maximum absolute atomic E-state index is 12.7. The topological polar surface area (TPSA) is 59.2 Å². The molecule has 0 spiro atoms. The summed E-state index contributed by atoms with van der Waals surface area (Å²) in [6.45, 7) is 1.73. The van der Waals surface area contributed by atoms with Gasteiger partial charge in [-0.25, -0.2) is 4.98 Å². The van der Waals surface area contributed by atoms with Gasteiger partial charge in [-0.05, 0) is 23.4 Å². The van der Waals surface area contributed by atoms with E-state index < -0.39 is 0 Å². The number of amides is 1. The van der Waals surface area contributed by atoms with Crippen molar-refractivity contribution in [1.82, 2.24) is 9.88 Å². The highest BCUT2D eigenvalue weighted by Crippen LogP contribution is 2.28. The minimum Gasteiger partial charge on any atom is -0.341 e. The van der Waals surface area contributed by atoms with Gasteiger partial charge in [0, 0.05) is 25.0 Å². The predicted molar refractivity (Wildman–Crippen MR) is 105 cm³/mol. The second kappa shape index (κ2) is 8.89. The molecular formula is C19H21N3OS2. The van der Waals surface area contributed by atoms with Gasteiger partial charge in [-0.15, -0.1) is 22.7 Å². The van der Waals surface area contributed by atoms with Crippen molar-refractivity contribution in [2.24, 2.45) is 5.73 Å². The van der Waals surface area contributed by atoms with E-state index >= 15 is 0 Å². The average Bonchev–Trinajstić information content (AvgIpc) is 3.31. The number of thiazole rings is 1. The van der Waals surface area contributed by atoms with Crippen molar-refractivity contribution in [1.29, 1.82) is 0 Å². The van der Waals surface area contributed by atoms with Crippen LogP contribution in [0.5, 0.6) is 0 Å². The average molecular weight is 372 g/mol. The number of carbonyl (C=O) groups is 1. The molecule has 0 bridgehead atoms. The molecule has 25 heavy (non-hydrogen) atoms. The Hall–Kier alpha value is -2.02. The molecule has 0 aliphatic heterocycles. The molecule has 0 unspecified atom stereocenters. The number of nitrogens with zero attached hydrogens (tertiary/aromatic N) is 2. The molecule has 0 aliphatic rings.